The topological polar surface area (TPSA) is 167 Å². The molecule has 0 saturated heterocycles. The van der Waals surface area contributed by atoms with Crippen molar-refractivity contribution < 1.29 is 70.7 Å². The van der Waals surface area contributed by atoms with Crippen molar-refractivity contribution in [2.45, 2.75) is 53.2 Å². The number of benzene rings is 3. The van der Waals surface area contributed by atoms with E-state index >= 15 is 0 Å². The number of halogens is 2. The molecule has 0 saturated carbocycles. The fourth-order valence-corrected chi connectivity index (χ4v) is 4.58. The predicted molar refractivity (Wildman–Crippen MR) is 152 cm³/mol. The fourth-order valence-electron chi connectivity index (χ4n) is 4.58. The van der Waals surface area contributed by atoms with Gasteiger partial charge in [0.05, 0.1) is 5.56 Å². The second kappa shape index (κ2) is 14.1. The van der Waals surface area contributed by atoms with Crippen molar-refractivity contribution >= 4 is 35.8 Å². The van der Waals surface area contributed by atoms with E-state index in [1.807, 2.05) is 0 Å². The Labute approximate surface area is 265 Å². The van der Waals surface area contributed by atoms with Crippen LogP contribution in [0, 0.1) is 11.6 Å². The molecule has 3 aromatic rings. The van der Waals surface area contributed by atoms with Crippen molar-refractivity contribution in [3.05, 3.63) is 70.8 Å². The number of carbonyl (C=O) groups excluding carboxylic acids is 6. The first-order valence-corrected chi connectivity index (χ1v) is 13.7. The van der Waals surface area contributed by atoms with Gasteiger partial charge in [0.25, 0.3) is 0 Å². The lowest BCUT2D eigenvalue weighted by atomic mass is 9.93. The summed E-state index contributed by atoms with van der Waals surface area (Å²) in [6.07, 6.45) is -2.94. The Bertz CT molecular complexity index is 1760. The molecule has 0 aliphatic carbocycles. The standard InChI is InChI=1S/C32H26F2O13/c1-14(35)41-21-11-25(42-15(2)36)22-13-29(47-32(40)19-6-7-23(33)24(34)8-19)30(46-26(22)12-21)20-9-27(43-16(3)37)31(45-18(5)39)28(10-20)44-17(4)38/h6-12,29-30H,13H2,1-5H3/t29-,30-/m1/s1. The molecule has 0 bridgehead atoms. The molecule has 4 rings (SSSR count). The van der Waals surface area contributed by atoms with Crippen molar-refractivity contribution in [3.8, 4) is 34.5 Å². The highest BCUT2D eigenvalue weighted by Gasteiger charge is 2.39. The van der Waals surface area contributed by atoms with E-state index in [4.69, 9.17) is 33.2 Å². The number of esters is 6. The lowest BCUT2D eigenvalue weighted by Crippen LogP contribution is -2.35. The normalized spacial score (nSPS) is 14.9. The highest BCUT2D eigenvalue weighted by atomic mass is 19.2. The van der Waals surface area contributed by atoms with E-state index in [2.05, 4.69) is 0 Å². The maximum Gasteiger partial charge on any atom is 0.338 e. The minimum absolute atomic E-state index is 0.00254. The van der Waals surface area contributed by atoms with Gasteiger partial charge in [0.15, 0.2) is 29.2 Å². The summed E-state index contributed by atoms with van der Waals surface area (Å²) in [5, 5.41) is 0. The zero-order valence-corrected chi connectivity index (χ0v) is 25.5. The van der Waals surface area contributed by atoms with Crippen LogP contribution in [0.1, 0.15) is 62.2 Å². The molecule has 15 heteroatoms. The Kier molecular flexibility index (Phi) is 10.2. The molecule has 0 aromatic heterocycles. The maximum absolute atomic E-state index is 14.0. The van der Waals surface area contributed by atoms with Crippen molar-refractivity contribution in [3.63, 3.8) is 0 Å². The minimum atomic E-state index is -1.36. The molecule has 47 heavy (non-hydrogen) atoms. The lowest BCUT2D eigenvalue weighted by Gasteiger charge is -2.34. The van der Waals surface area contributed by atoms with E-state index in [9.17, 15) is 37.5 Å². The minimum Gasteiger partial charge on any atom is -0.481 e. The van der Waals surface area contributed by atoms with Crippen molar-refractivity contribution in [2.24, 2.45) is 0 Å². The van der Waals surface area contributed by atoms with Crippen molar-refractivity contribution in [1.29, 1.82) is 0 Å². The van der Waals surface area contributed by atoms with Crippen LogP contribution in [0.25, 0.3) is 0 Å². The smallest absolute Gasteiger partial charge is 0.338 e. The third-order valence-corrected chi connectivity index (χ3v) is 6.19. The molecule has 0 radical (unpaired) electrons. The number of hydrogen-bond acceptors (Lipinski definition) is 13. The summed E-state index contributed by atoms with van der Waals surface area (Å²) in [6.45, 7) is 5.43. The van der Waals surface area contributed by atoms with E-state index < -0.39 is 65.4 Å². The van der Waals surface area contributed by atoms with E-state index in [0.29, 0.717) is 6.07 Å². The van der Waals surface area contributed by atoms with Crippen LogP contribution in [0.3, 0.4) is 0 Å². The maximum atomic E-state index is 14.0. The van der Waals surface area contributed by atoms with Gasteiger partial charge in [0.1, 0.15) is 23.4 Å². The van der Waals surface area contributed by atoms with Crippen LogP contribution < -0.4 is 28.4 Å². The molecule has 1 aliphatic rings. The van der Waals surface area contributed by atoms with Crippen LogP contribution in [0.4, 0.5) is 8.78 Å². The Hall–Kier alpha value is -5.86. The Morgan fingerprint density at radius 2 is 1.21 bits per heavy atom. The van der Waals surface area contributed by atoms with Gasteiger partial charge in [-0.2, -0.15) is 0 Å². The monoisotopic (exact) mass is 656 g/mol. The molecule has 1 aliphatic heterocycles. The molecule has 0 fully saturated rings. The number of fused-ring (bicyclic) bond motifs is 1. The molecular weight excluding hydrogens is 630 g/mol. The first-order chi connectivity index (χ1) is 22.1. The van der Waals surface area contributed by atoms with Gasteiger partial charge in [-0.15, -0.1) is 0 Å². The predicted octanol–water partition coefficient (Wildman–Crippen LogP) is 4.49. The van der Waals surface area contributed by atoms with Crippen LogP contribution in [-0.2, 0) is 35.1 Å². The van der Waals surface area contributed by atoms with Gasteiger partial charge in [-0.3, -0.25) is 24.0 Å². The van der Waals surface area contributed by atoms with Gasteiger partial charge in [0, 0.05) is 64.3 Å². The summed E-state index contributed by atoms with van der Waals surface area (Å²) in [5.74, 6) is -8.98. The van der Waals surface area contributed by atoms with Gasteiger partial charge in [-0.05, 0) is 30.3 Å². The average molecular weight is 657 g/mol. The SMILES string of the molecule is CC(=O)Oc1cc(OC(C)=O)c2c(c1)O[C@H](c1cc(OC(C)=O)c(OC(C)=O)c(OC(C)=O)c1)[C@H](OC(=O)c1ccc(F)c(F)c1)C2. The fraction of sp³-hybridized carbons (Fsp3) is 0.250. The zero-order valence-electron chi connectivity index (χ0n) is 25.5. The average Bonchev–Trinajstić information content (AvgIpc) is 2.94. The summed E-state index contributed by atoms with van der Waals surface area (Å²) in [6, 6.07) is 7.30. The first-order valence-electron chi connectivity index (χ1n) is 13.7. The number of hydrogen-bond donors (Lipinski definition) is 0. The summed E-state index contributed by atoms with van der Waals surface area (Å²) in [7, 11) is 0. The van der Waals surface area contributed by atoms with Gasteiger partial charge < -0.3 is 33.2 Å². The Morgan fingerprint density at radius 3 is 1.74 bits per heavy atom. The first kappa shape index (κ1) is 34.0. The van der Waals surface area contributed by atoms with Gasteiger partial charge in [-0.25, -0.2) is 13.6 Å². The van der Waals surface area contributed by atoms with Crippen LogP contribution in [-0.4, -0.2) is 41.9 Å². The third-order valence-electron chi connectivity index (χ3n) is 6.19. The van der Waals surface area contributed by atoms with Crippen LogP contribution >= 0.6 is 0 Å². The molecule has 246 valence electrons. The van der Waals surface area contributed by atoms with Crippen LogP contribution in [0.15, 0.2) is 42.5 Å². The Balaban J connectivity index is 1.92. The van der Waals surface area contributed by atoms with Gasteiger partial charge >= 0.3 is 35.8 Å². The summed E-state index contributed by atoms with van der Waals surface area (Å²) < 4.78 is 65.6. The Morgan fingerprint density at radius 1 is 0.660 bits per heavy atom. The summed E-state index contributed by atoms with van der Waals surface area (Å²) >= 11 is 0. The van der Waals surface area contributed by atoms with Crippen molar-refractivity contribution in [2.75, 3.05) is 0 Å². The largest absolute Gasteiger partial charge is 0.481 e. The second-order valence-electron chi connectivity index (χ2n) is 10.0. The van der Waals surface area contributed by atoms with Crippen LogP contribution in [0.5, 0.6) is 34.5 Å². The number of rotatable bonds is 8. The second-order valence-corrected chi connectivity index (χ2v) is 10.0. The van der Waals surface area contributed by atoms with Crippen molar-refractivity contribution in [1.82, 2.24) is 0 Å². The molecule has 0 unspecified atom stereocenters. The molecule has 2 atom stereocenters. The van der Waals surface area contributed by atoms with Gasteiger partial charge in [0.2, 0.25) is 5.75 Å². The van der Waals surface area contributed by atoms with Crippen LogP contribution in [0.2, 0.25) is 0 Å². The molecule has 0 spiro atoms. The highest BCUT2D eigenvalue weighted by Crippen LogP contribution is 2.47. The van der Waals surface area contributed by atoms with E-state index in [1.54, 1.807) is 0 Å². The quantitative estimate of drug-likeness (QED) is 0.246. The molecule has 13 nitrogen and oxygen atoms in total. The highest BCUT2D eigenvalue weighted by molar-refractivity contribution is 5.89. The molecule has 1 heterocycles. The molecule has 3 aromatic carbocycles. The molecule has 0 N–H and O–H groups in total. The van der Waals surface area contributed by atoms with E-state index in [-0.39, 0.29) is 51.9 Å². The third kappa shape index (κ3) is 8.45. The zero-order chi connectivity index (χ0) is 34.6. The number of carbonyl (C=O) groups is 6. The molecular formula is C32H26F2O13. The van der Waals surface area contributed by atoms with Gasteiger partial charge in [-0.1, -0.05) is 0 Å². The molecule has 0 amide bonds. The summed E-state index contributed by atoms with van der Waals surface area (Å²) in [4.78, 5) is 72.7. The summed E-state index contributed by atoms with van der Waals surface area (Å²) in [5.41, 5.74) is -0.133. The van der Waals surface area contributed by atoms with E-state index in [0.717, 1.165) is 46.8 Å². The lowest BCUT2D eigenvalue weighted by molar-refractivity contribution is -0.135. The van der Waals surface area contributed by atoms with E-state index in [1.165, 1.54) is 24.3 Å². The number of ether oxygens (including phenoxy) is 7.